The number of carbonyl (C=O) groups excluding carboxylic acids is 1. The van der Waals surface area contributed by atoms with E-state index in [1.54, 1.807) is 32.9 Å². The molecule has 2 rings (SSSR count). The molecule has 118 valence electrons. The van der Waals surface area contributed by atoms with Crippen molar-refractivity contribution in [3.8, 4) is 11.5 Å². The Bertz CT molecular complexity index is 767. The van der Waals surface area contributed by atoms with Gasteiger partial charge in [-0.3, -0.25) is 0 Å². The van der Waals surface area contributed by atoms with E-state index in [9.17, 15) is 9.59 Å². The smallest absolute Gasteiger partial charge is 0.351 e. The maximum Gasteiger partial charge on any atom is 0.351 e. The minimum atomic E-state index is -0.767. The molecule has 6 heteroatoms. The second kappa shape index (κ2) is 5.71. The Kier molecular flexibility index (Phi) is 4.12. The highest BCUT2D eigenvalue weighted by Crippen LogP contribution is 2.31. The first-order valence-corrected chi connectivity index (χ1v) is 6.68. The van der Waals surface area contributed by atoms with Crippen molar-refractivity contribution in [3.63, 3.8) is 0 Å². The fourth-order valence-electron chi connectivity index (χ4n) is 1.92. The lowest BCUT2D eigenvalue weighted by Crippen LogP contribution is -2.27. The van der Waals surface area contributed by atoms with Gasteiger partial charge in [0.2, 0.25) is 0 Å². The van der Waals surface area contributed by atoms with Crippen molar-refractivity contribution in [2.24, 2.45) is 0 Å². The first kappa shape index (κ1) is 15.9. The maximum atomic E-state index is 12.1. The zero-order valence-electron chi connectivity index (χ0n) is 13.2. The lowest BCUT2D eigenvalue weighted by atomic mass is 10.1. The standard InChI is InChI=1S/C16H18O6/c1-16(2,3)22-15(18)11-8-10-12(20-5)6-9(19-4)7-13(10)21-14(11)17/h6-8H,1-5H3. The molecule has 0 fully saturated rings. The van der Waals surface area contributed by atoms with E-state index in [0.717, 1.165) is 0 Å². The number of benzene rings is 1. The molecule has 0 atom stereocenters. The van der Waals surface area contributed by atoms with Crippen LogP contribution in [0.1, 0.15) is 31.1 Å². The highest BCUT2D eigenvalue weighted by Gasteiger charge is 2.22. The largest absolute Gasteiger partial charge is 0.496 e. The summed E-state index contributed by atoms with van der Waals surface area (Å²) in [6.45, 7) is 5.16. The molecule has 0 aliphatic heterocycles. The Balaban J connectivity index is 2.61. The molecule has 0 N–H and O–H groups in total. The van der Waals surface area contributed by atoms with Gasteiger partial charge in [-0.15, -0.1) is 0 Å². The van der Waals surface area contributed by atoms with Crippen LogP contribution in [0.15, 0.2) is 27.4 Å². The molecule has 0 aliphatic carbocycles. The summed E-state index contributed by atoms with van der Waals surface area (Å²) in [4.78, 5) is 24.1. The third-order valence-electron chi connectivity index (χ3n) is 2.86. The second-order valence-corrected chi connectivity index (χ2v) is 5.69. The van der Waals surface area contributed by atoms with Crippen LogP contribution in [0, 0.1) is 0 Å². The molecule has 1 aromatic carbocycles. The third kappa shape index (κ3) is 3.21. The fraction of sp³-hybridized carbons (Fsp3) is 0.375. The van der Waals surface area contributed by atoms with E-state index >= 15 is 0 Å². The first-order chi connectivity index (χ1) is 10.2. The number of rotatable bonds is 3. The Morgan fingerprint density at radius 2 is 1.77 bits per heavy atom. The van der Waals surface area contributed by atoms with E-state index in [4.69, 9.17) is 18.6 Å². The summed E-state index contributed by atoms with van der Waals surface area (Å²) < 4.78 is 20.8. The molecule has 0 unspecified atom stereocenters. The average molecular weight is 306 g/mol. The van der Waals surface area contributed by atoms with Crippen LogP contribution in [0.5, 0.6) is 11.5 Å². The van der Waals surface area contributed by atoms with Crippen molar-refractivity contribution in [1.82, 2.24) is 0 Å². The van der Waals surface area contributed by atoms with Gasteiger partial charge in [-0.05, 0) is 26.8 Å². The third-order valence-corrected chi connectivity index (χ3v) is 2.86. The van der Waals surface area contributed by atoms with Crippen LogP contribution < -0.4 is 15.1 Å². The van der Waals surface area contributed by atoms with Crippen LogP contribution in [-0.2, 0) is 4.74 Å². The highest BCUT2D eigenvalue weighted by atomic mass is 16.6. The summed E-state index contributed by atoms with van der Waals surface area (Å²) >= 11 is 0. The molecule has 0 saturated carbocycles. The Labute approximate surface area is 127 Å². The van der Waals surface area contributed by atoms with Crippen LogP contribution in [0.2, 0.25) is 0 Å². The van der Waals surface area contributed by atoms with Crippen molar-refractivity contribution in [1.29, 1.82) is 0 Å². The first-order valence-electron chi connectivity index (χ1n) is 6.68. The van der Waals surface area contributed by atoms with Gasteiger partial charge in [0.25, 0.3) is 0 Å². The predicted octanol–water partition coefficient (Wildman–Crippen LogP) is 2.77. The van der Waals surface area contributed by atoms with Crippen molar-refractivity contribution < 1.29 is 23.4 Å². The van der Waals surface area contributed by atoms with Crippen molar-refractivity contribution in [3.05, 3.63) is 34.2 Å². The zero-order valence-corrected chi connectivity index (χ0v) is 13.2. The predicted molar refractivity (Wildman–Crippen MR) is 80.8 cm³/mol. The van der Waals surface area contributed by atoms with Gasteiger partial charge >= 0.3 is 11.6 Å². The van der Waals surface area contributed by atoms with Gasteiger partial charge in [-0.1, -0.05) is 0 Å². The summed E-state index contributed by atoms with van der Waals surface area (Å²) in [6.07, 6.45) is 0. The number of ether oxygens (including phenoxy) is 3. The molecule has 0 spiro atoms. The molecule has 1 heterocycles. The number of hydrogen-bond donors (Lipinski definition) is 0. The number of fused-ring (bicyclic) bond motifs is 1. The van der Waals surface area contributed by atoms with E-state index in [-0.39, 0.29) is 11.1 Å². The minimum Gasteiger partial charge on any atom is -0.496 e. The molecule has 22 heavy (non-hydrogen) atoms. The van der Waals surface area contributed by atoms with Gasteiger partial charge in [0.05, 0.1) is 19.6 Å². The summed E-state index contributed by atoms with van der Waals surface area (Å²) in [5, 5.41) is 0.490. The second-order valence-electron chi connectivity index (χ2n) is 5.69. The molecule has 0 amide bonds. The Morgan fingerprint density at radius 1 is 1.09 bits per heavy atom. The van der Waals surface area contributed by atoms with E-state index < -0.39 is 17.2 Å². The van der Waals surface area contributed by atoms with E-state index in [2.05, 4.69) is 0 Å². The molecular weight excluding hydrogens is 288 g/mol. The SMILES string of the molecule is COc1cc(OC)c2cc(C(=O)OC(C)(C)C)c(=O)oc2c1. The minimum absolute atomic E-state index is 0.175. The van der Waals surface area contributed by atoms with Crippen molar-refractivity contribution in [2.75, 3.05) is 14.2 Å². The number of carbonyl (C=O) groups is 1. The molecule has 0 radical (unpaired) electrons. The van der Waals surface area contributed by atoms with Gasteiger partial charge in [0.15, 0.2) is 0 Å². The van der Waals surface area contributed by atoms with E-state index in [1.165, 1.54) is 20.3 Å². The number of esters is 1. The van der Waals surface area contributed by atoms with E-state index in [0.29, 0.717) is 16.9 Å². The topological polar surface area (TPSA) is 75.0 Å². The Hall–Kier alpha value is -2.50. The van der Waals surface area contributed by atoms with Crippen molar-refractivity contribution in [2.45, 2.75) is 26.4 Å². The molecule has 2 aromatic rings. The monoisotopic (exact) mass is 306 g/mol. The zero-order chi connectivity index (χ0) is 16.5. The summed E-state index contributed by atoms with van der Waals surface area (Å²) in [5.74, 6) is 0.182. The summed E-state index contributed by atoms with van der Waals surface area (Å²) in [6, 6.07) is 4.60. The van der Waals surface area contributed by atoms with Crippen LogP contribution >= 0.6 is 0 Å². The van der Waals surface area contributed by atoms with Crippen LogP contribution in [0.4, 0.5) is 0 Å². The lowest BCUT2D eigenvalue weighted by molar-refractivity contribution is 0.00654. The number of methoxy groups -OCH3 is 2. The van der Waals surface area contributed by atoms with Crippen molar-refractivity contribution >= 4 is 16.9 Å². The fourth-order valence-corrected chi connectivity index (χ4v) is 1.92. The van der Waals surface area contributed by atoms with Gasteiger partial charge in [0.1, 0.15) is 28.2 Å². The van der Waals surface area contributed by atoms with Gasteiger partial charge < -0.3 is 18.6 Å². The van der Waals surface area contributed by atoms with Gasteiger partial charge in [-0.2, -0.15) is 0 Å². The molecule has 1 aromatic heterocycles. The quantitative estimate of drug-likeness (QED) is 0.641. The maximum absolute atomic E-state index is 12.1. The van der Waals surface area contributed by atoms with Crippen LogP contribution in [0.3, 0.4) is 0 Å². The summed E-state index contributed by atoms with van der Waals surface area (Å²) in [7, 11) is 2.97. The molecular formula is C16H18O6. The molecule has 0 saturated heterocycles. The average Bonchev–Trinajstić information content (AvgIpc) is 2.43. The van der Waals surface area contributed by atoms with Gasteiger partial charge in [-0.25, -0.2) is 9.59 Å². The summed E-state index contributed by atoms with van der Waals surface area (Å²) in [5.41, 5.74) is -1.38. The lowest BCUT2D eigenvalue weighted by Gasteiger charge is -2.19. The molecule has 0 aliphatic rings. The molecule has 0 bridgehead atoms. The normalized spacial score (nSPS) is 11.3. The Morgan fingerprint density at radius 3 is 2.32 bits per heavy atom. The number of hydrogen-bond acceptors (Lipinski definition) is 6. The molecule has 6 nitrogen and oxygen atoms in total. The van der Waals surface area contributed by atoms with Gasteiger partial charge in [0, 0.05) is 12.1 Å². The van der Waals surface area contributed by atoms with E-state index in [1.807, 2.05) is 0 Å². The van der Waals surface area contributed by atoms with Crippen LogP contribution in [0.25, 0.3) is 11.0 Å². The van der Waals surface area contributed by atoms with Crippen LogP contribution in [-0.4, -0.2) is 25.8 Å². The highest BCUT2D eigenvalue weighted by molar-refractivity contribution is 5.95.